The Labute approximate surface area is 190 Å². The van der Waals surface area contributed by atoms with Crippen LogP contribution in [-0.4, -0.2) is 54.6 Å². The minimum Gasteiger partial charge on any atom is -0.379 e. The normalized spacial score (nSPS) is 33.6. The molecule has 3 aliphatic heterocycles. The van der Waals surface area contributed by atoms with Crippen molar-refractivity contribution in [3.8, 4) is 6.07 Å². The van der Waals surface area contributed by atoms with E-state index in [1.54, 1.807) is 12.1 Å². The third-order valence-electron chi connectivity index (χ3n) is 7.70. The van der Waals surface area contributed by atoms with Crippen LogP contribution in [0.25, 0.3) is 0 Å². The van der Waals surface area contributed by atoms with Crippen LogP contribution in [0.3, 0.4) is 0 Å². The molecular weight excluding hydrogens is 435 g/mol. The number of carbonyl (C=O) groups excluding carboxylic acids is 1. The van der Waals surface area contributed by atoms with Gasteiger partial charge in [0.1, 0.15) is 6.17 Å². The van der Waals surface area contributed by atoms with E-state index >= 15 is 0 Å². The van der Waals surface area contributed by atoms with E-state index in [9.17, 15) is 23.2 Å². The summed E-state index contributed by atoms with van der Waals surface area (Å²) < 4.78 is 46.1. The van der Waals surface area contributed by atoms with Crippen LogP contribution >= 0.6 is 0 Å². The molecule has 3 heterocycles. The van der Waals surface area contributed by atoms with Crippen molar-refractivity contribution in [1.82, 2.24) is 15.8 Å². The number of hydrazine groups is 1. The number of carbonyl (C=O) groups is 1. The summed E-state index contributed by atoms with van der Waals surface area (Å²) in [5.41, 5.74) is 2.13. The lowest BCUT2D eigenvalue weighted by molar-refractivity contribution is -0.160. The summed E-state index contributed by atoms with van der Waals surface area (Å²) >= 11 is 0. The summed E-state index contributed by atoms with van der Waals surface area (Å²) in [6, 6.07) is 8.54. The van der Waals surface area contributed by atoms with Crippen molar-refractivity contribution in [3.05, 3.63) is 29.8 Å². The van der Waals surface area contributed by atoms with E-state index in [-0.39, 0.29) is 36.8 Å². The van der Waals surface area contributed by atoms with Crippen LogP contribution in [0.15, 0.2) is 24.3 Å². The highest BCUT2D eigenvalue weighted by molar-refractivity contribution is 5.82. The van der Waals surface area contributed by atoms with Gasteiger partial charge in [-0.3, -0.25) is 4.79 Å². The van der Waals surface area contributed by atoms with E-state index in [1.165, 1.54) is 12.1 Å². The predicted molar refractivity (Wildman–Crippen MR) is 114 cm³/mol. The van der Waals surface area contributed by atoms with Crippen LogP contribution in [0.2, 0.25) is 0 Å². The zero-order valence-electron chi connectivity index (χ0n) is 18.3. The third kappa shape index (κ3) is 3.76. The summed E-state index contributed by atoms with van der Waals surface area (Å²) in [5.74, 6) is -0.478. The van der Waals surface area contributed by atoms with Gasteiger partial charge in [0.2, 0.25) is 5.91 Å². The van der Waals surface area contributed by atoms with E-state index in [2.05, 4.69) is 27.1 Å². The molecule has 1 amide bonds. The van der Waals surface area contributed by atoms with Gasteiger partial charge < -0.3 is 15.4 Å². The van der Waals surface area contributed by atoms with Gasteiger partial charge in [-0.2, -0.15) is 18.4 Å². The van der Waals surface area contributed by atoms with Gasteiger partial charge in [0.05, 0.1) is 36.0 Å². The zero-order valence-corrected chi connectivity index (χ0v) is 18.3. The van der Waals surface area contributed by atoms with Gasteiger partial charge >= 0.3 is 6.18 Å². The number of rotatable bonds is 5. The third-order valence-corrected chi connectivity index (χ3v) is 7.70. The Bertz CT molecular complexity index is 935. The van der Waals surface area contributed by atoms with Crippen molar-refractivity contribution >= 4 is 11.6 Å². The lowest BCUT2D eigenvalue weighted by Crippen LogP contribution is -2.61. The molecule has 0 spiro atoms. The van der Waals surface area contributed by atoms with Gasteiger partial charge in [-0.1, -0.05) is 12.1 Å². The van der Waals surface area contributed by atoms with Gasteiger partial charge in [0.25, 0.3) is 0 Å². The predicted octanol–water partition coefficient (Wildman–Crippen LogP) is 2.81. The molecule has 4 aliphatic rings. The molecule has 1 aromatic rings. The molecule has 3 saturated heterocycles. The maximum absolute atomic E-state index is 13.4. The molecule has 1 saturated carbocycles. The maximum Gasteiger partial charge on any atom is 0.398 e. The number of nitrogens with one attached hydrogen (secondary N) is 3. The maximum atomic E-state index is 13.4. The summed E-state index contributed by atoms with van der Waals surface area (Å²) in [4.78, 5) is 12.8. The molecule has 4 atom stereocenters. The molecule has 33 heavy (non-hydrogen) atoms. The standard InChI is InChI=1S/C23H28F3N5O2/c24-23(25,26)22(8-9-22)15-2-4-16(5-3-15)29-19-18-17(6-12-28-20(18)32)31(30-19)21(10-11-27)7-1-13-33-14-21/h2-5,17-19,29-30H,1,6-10,12-14H2,(H,28,32)/t17?,18?,19?,21-/m0/s1. The molecule has 10 heteroatoms. The first-order valence-electron chi connectivity index (χ1n) is 11.5. The molecule has 0 bridgehead atoms. The smallest absolute Gasteiger partial charge is 0.379 e. The molecule has 0 radical (unpaired) electrons. The fourth-order valence-corrected chi connectivity index (χ4v) is 5.74. The van der Waals surface area contributed by atoms with Gasteiger partial charge in [-0.25, -0.2) is 10.4 Å². The second-order valence-corrected chi connectivity index (χ2v) is 9.67. The zero-order chi connectivity index (χ0) is 23.3. The molecule has 1 aliphatic carbocycles. The van der Waals surface area contributed by atoms with Gasteiger partial charge in [0, 0.05) is 24.9 Å². The van der Waals surface area contributed by atoms with Crippen molar-refractivity contribution in [3.63, 3.8) is 0 Å². The van der Waals surface area contributed by atoms with Crippen molar-refractivity contribution in [2.75, 3.05) is 25.1 Å². The molecule has 5 rings (SSSR count). The highest BCUT2D eigenvalue weighted by atomic mass is 19.4. The molecule has 7 nitrogen and oxygen atoms in total. The number of halogens is 3. The van der Waals surface area contributed by atoms with Crippen LogP contribution in [-0.2, 0) is 14.9 Å². The number of ether oxygens (including phenoxy) is 1. The number of alkyl halides is 3. The Morgan fingerprint density at radius 2 is 2.00 bits per heavy atom. The topological polar surface area (TPSA) is 89.4 Å². The number of amides is 1. The number of nitrogens with zero attached hydrogens (tertiary/aromatic N) is 2. The van der Waals surface area contributed by atoms with Gasteiger partial charge in [-0.05, 0) is 49.8 Å². The quantitative estimate of drug-likeness (QED) is 0.622. The Hall–Kier alpha value is -2.35. The second kappa shape index (κ2) is 8.15. The van der Waals surface area contributed by atoms with E-state index < -0.39 is 29.2 Å². The molecule has 1 aromatic carbocycles. The van der Waals surface area contributed by atoms with Crippen LogP contribution in [0.5, 0.6) is 0 Å². The highest BCUT2D eigenvalue weighted by Crippen LogP contribution is 2.58. The average molecular weight is 464 g/mol. The number of nitriles is 1. The summed E-state index contributed by atoms with van der Waals surface area (Å²) in [6.07, 6.45) is -1.81. The summed E-state index contributed by atoms with van der Waals surface area (Å²) in [7, 11) is 0. The van der Waals surface area contributed by atoms with E-state index in [0.29, 0.717) is 25.4 Å². The molecule has 0 aromatic heterocycles. The minimum absolute atomic E-state index is 0.0757. The Morgan fingerprint density at radius 1 is 1.24 bits per heavy atom. The molecular formula is C23H28F3N5O2. The minimum atomic E-state index is -4.25. The van der Waals surface area contributed by atoms with Crippen LogP contribution in [0.1, 0.15) is 44.1 Å². The van der Waals surface area contributed by atoms with E-state index in [0.717, 1.165) is 19.3 Å². The molecule has 4 fully saturated rings. The number of piperidine rings is 1. The highest BCUT2D eigenvalue weighted by Gasteiger charge is 2.64. The molecule has 178 valence electrons. The largest absolute Gasteiger partial charge is 0.398 e. The first-order chi connectivity index (χ1) is 15.8. The van der Waals surface area contributed by atoms with Gasteiger partial charge in [0.15, 0.2) is 0 Å². The Kier molecular flexibility index (Phi) is 5.54. The SMILES string of the molecule is N#CC[C@@]1(N2NC(Nc3ccc(C4(C(F)(F)F)CC4)cc3)C3C(=O)NCCC32)CCCOC1. The van der Waals surface area contributed by atoms with Crippen LogP contribution in [0, 0.1) is 17.2 Å². The van der Waals surface area contributed by atoms with Crippen molar-refractivity contribution in [2.24, 2.45) is 5.92 Å². The fraction of sp³-hybridized carbons (Fsp3) is 0.652. The summed E-state index contributed by atoms with van der Waals surface area (Å²) in [6.45, 7) is 1.63. The van der Waals surface area contributed by atoms with Crippen LogP contribution in [0.4, 0.5) is 18.9 Å². The average Bonchev–Trinajstić information content (AvgIpc) is 3.53. The molecule has 3 unspecified atom stereocenters. The van der Waals surface area contributed by atoms with Gasteiger partial charge in [-0.15, -0.1) is 0 Å². The van der Waals surface area contributed by atoms with Crippen LogP contribution < -0.4 is 16.1 Å². The monoisotopic (exact) mass is 463 g/mol. The number of hydrogen-bond donors (Lipinski definition) is 3. The Morgan fingerprint density at radius 3 is 2.61 bits per heavy atom. The second-order valence-electron chi connectivity index (χ2n) is 9.67. The molecule has 3 N–H and O–H groups in total. The lowest BCUT2D eigenvalue weighted by Gasteiger charge is -2.46. The number of benzene rings is 1. The lowest BCUT2D eigenvalue weighted by atomic mass is 9.84. The Balaban J connectivity index is 1.38. The van der Waals surface area contributed by atoms with E-state index in [4.69, 9.17) is 4.74 Å². The first kappa shape index (κ1) is 22.4. The van der Waals surface area contributed by atoms with Crippen molar-refractivity contribution in [1.29, 1.82) is 5.26 Å². The fourth-order valence-electron chi connectivity index (χ4n) is 5.74. The van der Waals surface area contributed by atoms with E-state index in [1.807, 2.05) is 0 Å². The number of anilines is 1. The van der Waals surface area contributed by atoms with Crippen molar-refractivity contribution in [2.45, 2.75) is 67.9 Å². The first-order valence-corrected chi connectivity index (χ1v) is 11.5. The number of fused-ring (bicyclic) bond motifs is 1. The van der Waals surface area contributed by atoms with Crippen molar-refractivity contribution < 1.29 is 22.7 Å². The summed E-state index contributed by atoms with van der Waals surface area (Å²) in [5, 5.41) is 17.8. The number of hydrogen-bond acceptors (Lipinski definition) is 6.